The minimum atomic E-state index is -4.55. The van der Waals surface area contributed by atoms with Crippen molar-refractivity contribution in [1.82, 2.24) is 19.7 Å². The number of H-pyrrole nitrogens is 1. The average molecular weight is 419 g/mol. The molecule has 0 bridgehead atoms. The molecule has 1 amide bonds. The molecule has 0 radical (unpaired) electrons. The van der Waals surface area contributed by atoms with Gasteiger partial charge in [-0.1, -0.05) is 20.8 Å². The van der Waals surface area contributed by atoms with Crippen molar-refractivity contribution in [2.45, 2.75) is 46.2 Å². The third-order valence-corrected chi connectivity index (χ3v) is 5.98. The van der Waals surface area contributed by atoms with Crippen LogP contribution < -0.4 is 5.32 Å². The Hall–Kier alpha value is -2.84. The number of rotatable bonds is 2. The minimum absolute atomic E-state index is 0.128. The molecule has 2 N–H and O–H groups in total. The lowest BCUT2D eigenvalue weighted by atomic mass is 9.71. The molecule has 2 aromatic heterocycles. The van der Waals surface area contributed by atoms with E-state index >= 15 is 0 Å². The van der Waals surface area contributed by atoms with Gasteiger partial charge in [-0.15, -0.1) is 0 Å². The van der Waals surface area contributed by atoms with Gasteiger partial charge in [-0.2, -0.15) is 18.3 Å². The Bertz CT molecular complexity index is 1120. The first-order chi connectivity index (χ1) is 13.9. The second-order valence-corrected chi connectivity index (χ2v) is 8.98. The van der Waals surface area contributed by atoms with Gasteiger partial charge >= 0.3 is 6.18 Å². The lowest BCUT2D eigenvalue weighted by Crippen LogP contribution is -2.28. The van der Waals surface area contributed by atoms with E-state index in [-0.39, 0.29) is 16.8 Å². The van der Waals surface area contributed by atoms with Gasteiger partial charge in [0.25, 0.3) is 5.91 Å². The number of nitrogens with one attached hydrogen (secondary N) is 2. The van der Waals surface area contributed by atoms with Crippen molar-refractivity contribution in [2.75, 3.05) is 5.32 Å². The fourth-order valence-electron chi connectivity index (χ4n) is 4.14. The number of anilines is 1. The highest BCUT2D eigenvalue weighted by Gasteiger charge is 2.37. The molecule has 0 spiro atoms. The number of hydrogen-bond donors (Lipinski definition) is 2. The Kier molecular flexibility index (Phi) is 4.67. The van der Waals surface area contributed by atoms with Gasteiger partial charge in [-0.05, 0) is 48.8 Å². The Labute approximate surface area is 171 Å². The van der Waals surface area contributed by atoms with Gasteiger partial charge in [0.05, 0.1) is 11.0 Å². The van der Waals surface area contributed by atoms with E-state index < -0.39 is 12.0 Å². The van der Waals surface area contributed by atoms with Crippen LogP contribution in [0.3, 0.4) is 0 Å². The fraction of sp³-hybridized carbons (Fsp3) is 0.476. The zero-order chi connectivity index (χ0) is 21.8. The van der Waals surface area contributed by atoms with Gasteiger partial charge in [0.1, 0.15) is 0 Å². The summed E-state index contributed by atoms with van der Waals surface area (Å²) in [6, 6.07) is 4.53. The minimum Gasteiger partial charge on any atom is -0.323 e. The van der Waals surface area contributed by atoms with Crippen molar-refractivity contribution in [3.05, 3.63) is 41.0 Å². The summed E-state index contributed by atoms with van der Waals surface area (Å²) in [7, 11) is 1.32. The standard InChI is InChI=1S/C21H24F3N5O/c1-20(2,3)11-5-7-14-13(9-11)17(28-27-14)18(30)25-12-6-8-16-15(10-12)26-19(29(16)4)21(22,23)24/h6,8,10-11H,5,7,9H2,1-4H3,(H,25,30)(H,27,28). The van der Waals surface area contributed by atoms with Crippen molar-refractivity contribution >= 4 is 22.6 Å². The molecule has 0 aliphatic heterocycles. The molecule has 1 aliphatic rings. The number of fused-ring (bicyclic) bond motifs is 2. The lowest BCUT2D eigenvalue weighted by molar-refractivity contribution is -0.146. The van der Waals surface area contributed by atoms with E-state index in [0.717, 1.165) is 35.1 Å². The van der Waals surface area contributed by atoms with Gasteiger partial charge in [0, 0.05) is 24.0 Å². The first-order valence-electron chi connectivity index (χ1n) is 9.86. The maximum atomic E-state index is 13.1. The fourth-order valence-corrected chi connectivity index (χ4v) is 4.14. The number of amides is 1. The predicted molar refractivity (Wildman–Crippen MR) is 107 cm³/mol. The van der Waals surface area contributed by atoms with Gasteiger partial charge in [0.2, 0.25) is 5.82 Å². The number of nitrogens with zero attached hydrogens (tertiary/aromatic N) is 3. The molecule has 3 aromatic rings. The van der Waals surface area contributed by atoms with E-state index in [1.54, 1.807) is 6.07 Å². The Morgan fingerprint density at radius 1 is 1.27 bits per heavy atom. The van der Waals surface area contributed by atoms with Crippen LogP contribution in [0.15, 0.2) is 18.2 Å². The first-order valence-corrected chi connectivity index (χ1v) is 9.86. The van der Waals surface area contributed by atoms with Crippen LogP contribution in [0.1, 0.15) is 54.8 Å². The second-order valence-electron chi connectivity index (χ2n) is 8.98. The monoisotopic (exact) mass is 419 g/mol. The Morgan fingerprint density at radius 3 is 2.67 bits per heavy atom. The molecule has 2 heterocycles. The third kappa shape index (κ3) is 3.57. The number of aryl methyl sites for hydroxylation is 2. The smallest absolute Gasteiger partial charge is 0.323 e. The van der Waals surface area contributed by atoms with Crippen molar-refractivity contribution < 1.29 is 18.0 Å². The van der Waals surface area contributed by atoms with E-state index in [4.69, 9.17) is 0 Å². The summed E-state index contributed by atoms with van der Waals surface area (Å²) in [5.41, 5.74) is 3.26. The molecule has 6 nitrogen and oxygen atoms in total. The zero-order valence-corrected chi connectivity index (χ0v) is 17.3. The summed E-state index contributed by atoms with van der Waals surface area (Å²) in [5.74, 6) is -0.913. The molecule has 1 aromatic carbocycles. The predicted octanol–water partition coefficient (Wildman–Crippen LogP) is 4.72. The highest BCUT2D eigenvalue weighted by molar-refractivity contribution is 6.04. The number of imidazole rings is 1. The molecule has 1 aliphatic carbocycles. The number of benzene rings is 1. The van der Waals surface area contributed by atoms with Gasteiger partial charge < -0.3 is 9.88 Å². The van der Waals surface area contributed by atoms with E-state index in [9.17, 15) is 18.0 Å². The summed E-state index contributed by atoms with van der Waals surface area (Å²) in [5, 5.41) is 9.94. The van der Waals surface area contributed by atoms with Crippen molar-refractivity contribution in [3.63, 3.8) is 0 Å². The first kappa shape index (κ1) is 20.4. The quantitative estimate of drug-likeness (QED) is 0.631. The maximum absolute atomic E-state index is 13.1. The number of halogens is 3. The van der Waals surface area contributed by atoms with Gasteiger partial charge in [-0.25, -0.2) is 4.98 Å². The second kappa shape index (κ2) is 6.85. The van der Waals surface area contributed by atoms with Crippen LogP contribution in [0.5, 0.6) is 0 Å². The molecular formula is C21H24F3N5O. The zero-order valence-electron chi connectivity index (χ0n) is 17.3. The van der Waals surface area contributed by atoms with Gasteiger partial charge in [0.15, 0.2) is 5.69 Å². The molecule has 0 saturated heterocycles. The lowest BCUT2D eigenvalue weighted by Gasteiger charge is -2.33. The molecule has 0 saturated carbocycles. The number of alkyl halides is 3. The van der Waals surface area contributed by atoms with Crippen molar-refractivity contribution in [1.29, 1.82) is 0 Å². The summed E-state index contributed by atoms with van der Waals surface area (Å²) < 4.78 is 40.3. The largest absolute Gasteiger partial charge is 0.449 e. The van der Waals surface area contributed by atoms with Crippen LogP contribution in [0.4, 0.5) is 18.9 Å². The van der Waals surface area contributed by atoms with Crippen LogP contribution >= 0.6 is 0 Å². The van der Waals surface area contributed by atoms with E-state index in [0.29, 0.717) is 22.8 Å². The molecule has 160 valence electrons. The average Bonchev–Trinajstić information content (AvgIpc) is 3.21. The topological polar surface area (TPSA) is 75.6 Å². The van der Waals surface area contributed by atoms with Crippen LogP contribution in [0, 0.1) is 11.3 Å². The molecule has 30 heavy (non-hydrogen) atoms. The van der Waals surface area contributed by atoms with E-state index in [1.807, 2.05) is 0 Å². The summed E-state index contributed by atoms with van der Waals surface area (Å²) in [6.45, 7) is 6.58. The number of carbonyl (C=O) groups is 1. The van der Waals surface area contributed by atoms with Crippen LogP contribution in [0.2, 0.25) is 0 Å². The third-order valence-electron chi connectivity index (χ3n) is 5.98. The molecule has 1 atom stereocenters. The molecular weight excluding hydrogens is 395 g/mol. The number of aromatic amines is 1. The molecule has 4 rings (SSSR count). The highest BCUT2D eigenvalue weighted by atomic mass is 19.4. The molecule has 0 fully saturated rings. The summed E-state index contributed by atoms with van der Waals surface area (Å²) >= 11 is 0. The molecule has 1 unspecified atom stereocenters. The molecule has 9 heteroatoms. The van der Waals surface area contributed by atoms with E-state index in [2.05, 4.69) is 41.3 Å². The summed E-state index contributed by atoms with van der Waals surface area (Å²) in [6.07, 6.45) is -1.89. The van der Waals surface area contributed by atoms with Crippen LogP contribution in [-0.4, -0.2) is 25.7 Å². The Morgan fingerprint density at radius 2 is 2.00 bits per heavy atom. The highest BCUT2D eigenvalue weighted by Crippen LogP contribution is 2.38. The number of carbonyl (C=O) groups excluding carboxylic acids is 1. The Balaban J connectivity index is 1.60. The van der Waals surface area contributed by atoms with E-state index in [1.165, 1.54) is 19.2 Å². The van der Waals surface area contributed by atoms with Crippen LogP contribution in [0.25, 0.3) is 11.0 Å². The summed E-state index contributed by atoms with van der Waals surface area (Å²) in [4.78, 5) is 16.6. The maximum Gasteiger partial charge on any atom is 0.449 e. The van der Waals surface area contributed by atoms with Gasteiger partial charge in [-0.3, -0.25) is 9.89 Å². The van der Waals surface area contributed by atoms with Crippen LogP contribution in [-0.2, 0) is 26.1 Å². The van der Waals surface area contributed by atoms with Crippen molar-refractivity contribution in [3.8, 4) is 0 Å². The number of hydrogen-bond acceptors (Lipinski definition) is 3. The normalized spacial score (nSPS) is 17.2. The SMILES string of the molecule is Cn1c(C(F)(F)F)nc2cc(NC(=O)c3n[nH]c4c3CC(C(C)(C)C)CC4)ccc21. The van der Waals surface area contributed by atoms with Crippen molar-refractivity contribution in [2.24, 2.45) is 18.4 Å². The number of aromatic nitrogens is 4.